The molecular formula is C21H21N3O3S. The Kier molecular flexibility index (Phi) is 5.37. The zero-order valence-electron chi connectivity index (χ0n) is 15.6. The summed E-state index contributed by atoms with van der Waals surface area (Å²) in [6.07, 6.45) is 0. The van der Waals surface area contributed by atoms with Crippen LogP contribution in [0.2, 0.25) is 0 Å². The summed E-state index contributed by atoms with van der Waals surface area (Å²) in [4.78, 5) is 0.176. The Labute approximate surface area is 164 Å². The zero-order chi connectivity index (χ0) is 20.3. The van der Waals surface area contributed by atoms with E-state index in [-0.39, 0.29) is 10.7 Å². The van der Waals surface area contributed by atoms with Gasteiger partial charge in [0.25, 0.3) is 10.0 Å². The molecule has 0 unspecified atom stereocenters. The molecule has 3 rings (SSSR count). The number of nitrogen functional groups attached to an aromatic ring is 1. The highest BCUT2D eigenvalue weighted by atomic mass is 32.2. The molecule has 0 amide bonds. The molecule has 28 heavy (non-hydrogen) atoms. The molecule has 0 bridgehead atoms. The number of rotatable bonds is 6. The molecule has 0 aliphatic heterocycles. The maximum absolute atomic E-state index is 12.7. The topological polar surface area (TPSA) is 105 Å². The molecule has 0 aromatic heterocycles. The normalized spacial score (nSPS) is 11.1. The molecule has 3 aromatic rings. The summed E-state index contributed by atoms with van der Waals surface area (Å²) < 4.78 is 33.9. The first kappa shape index (κ1) is 19.4. The van der Waals surface area contributed by atoms with E-state index in [1.54, 1.807) is 66.7 Å². The number of ether oxygens (including phenoxy) is 1. The van der Waals surface area contributed by atoms with E-state index < -0.39 is 10.0 Å². The van der Waals surface area contributed by atoms with Gasteiger partial charge >= 0.3 is 0 Å². The van der Waals surface area contributed by atoms with E-state index in [1.165, 1.54) is 0 Å². The summed E-state index contributed by atoms with van der Waals surface area (Å²) >= 11 is 0. The average Bonchev–Trinajstić information content (AvgIpc) is 2.65. The van der Waals surface area contributed by atoms with E-state index in [0.29, 0.717) is 22.7 Å². The Balaban J connectivity index is 1.90. The summed E-state index contributed by atoms with van der Waals surface area (Å²) in [7, 11) is -3.75. The van der Waals surface area contributed by atoms with Gasteiger partial charge in [0, 0.05) is 5.56 Å². The number of benzene rings is 3. The van der Waals surface area contributed by atoms with Crippen LogP contribution in [-0.4, -0.2) is 14.3 Å². The lowest BCUT2D eigenvalue weighted by Gasteiger charge is -2.14. The van der Waals surface area contributed by atoms with Crippen molar-refractivity contribution in [2.45, 2.75) is 18.7 Å². The minimum atomic E-state index is -3.75. The van der Waals surface area contributed by atoms with Crippen LogP contribution in [0.1, 0.15) is 16.7 Å². The van der Waals surface area contributed by atoms with Crippen molar-refractivity contribution in [3.63, 3.8) is 0 Å². The van der Waals surface area contributed by atoms with Crippen LogP contribution < -0.4 is 15.2 Å². The van der Waals surface area contributed by atoms with Gasteiger partial charge in [0.05, 0.1) is 10.6 Å². The number of amidine groups is 1. The maximum Gasteiger partial charge on any atom is 0.262 e. The Morgan fingerprint density at radius 1 is 0.929 bits per heavy atom. The van der Waals surface area contributed by atoms with Crippen molar-refractivity contribution in [2.75, 3.05) is 4.72 Å². The highest BCUT2D eigenvalue weighted by molar-refractivity contribution is 7.92. The van der Waals surface area contributed by atoms with Crippen molar-refractivity contribution in [3.8, 4) is 11.5 Å². The number of sulfonamides is 1. The number of hydrogen-bond donors (Lipinski definition) is 3. The van der Waals surface area contributed by atoms with Crippen molar-refractivity contribution >= 4 is 21.5 Å². The molecule has 0 fully saturated rings. The Bertz CT molecular complexity index is 1110. The van der Waals surface area contributed by atoms with E-state index in [2.05, 4.69) is 4.72 Å². The Morgan fingerprint density at radius 2 is 1.54 bits per heavy atom. The van der Waals surface area contributed by atoms with Gasteiger partial charge in [-0.2, -0.15) is 0 Å². The number of hydrogen-bond acceptors (Lipinski definition) is 4. The molecule has 3 aromatic carbocycles. The fourth-order valence-corrected chi connectivity index (χ4v) is 3.62. The summed E-state index contributed by atoms with van der Waals surface area (Å²) in [5.41, 5.74) is 8.28. The van der Waals surface area contributed by atoms with Gasteiger partial charge in [0.2, 0.25) is 0 Å². The van der Waals surface area contributed by atoms with Gasteiger partial charge in [0.15, 0.2) is 5.75 Å². The third kappa shape index (κ3) is 4.50. The molecule has 144 valence electrons. The van der Waals surface area contributed by atoms with E-state index in [0.717, 1.165) is 11.1 Å². The molecular weight excluding hydrogens is 374 g/mol. The molecule has 0 radical (unpaired) electrons. The first-order chi connectivity index (χ1) is 13.2. The van der Waals surface area contributed by atoms with Gasteiger partial charge in [-0.3, -0.25) is 10.1 Å². The average molecular weight is 395 g/mol. The molecule has 0 saturated heterocycles. The van der Waals surface area contributed by atoms with Crippen LogP contribution in [0.15, 0.2) is 71.6 Å². The molecule has 0 aliphatic carbocycles. The minimum absolute atomic E-state index is 0.0337. The van der Waals surface area contributed by atoms with E-state index >= 15 is 0 Å². The molecule has 0 aliphatic rings. The monoisotopic (exact) mass is 395 g/mol. The van der Waals surface area contributed by atoms with Crippen LogP contribution in [0.4, 0.5) is 5.69 Å². The lowest BCUT2D eigenvalue weighted by Crippen LogP contribution is -2.13. The first-order valence-electron chi connectivity index (χ1n) is 8.57. The quantitative estimate of drug-likeness (QED) is 0.430. The van der Waals surface area contributed by atoms with Gasteiger partial charge < -0.3 is 10.5 Å². The van der Waals surface area contributed by atoms with Crippen LogP contribution in [0.5, 0.6) is 11.5 Å². The van der Waals surface area contributed by atoms with Crippen LogP contribution in [0.25, 0.3) is 0 Å². The second-order valence-corrected chi connectivity index (χ2v) is 8.14. The van der Waals surface area contributed by atoms with Gasteiger partial charge in [0.1, 0.15) is 11.6 Å². The predicted molar refractivity (Wildman–Crippen MR) is 111 cm³/mol. The minimum Gasteiger partial charge on any atom is -0.455 e. The molecule has 0 spiro atoms. The number of aryl methyl sites for hydroxylation is 2. The third-order valence-electron chi connectivity index (χ3n) is 4.11. The highest BCUT2D eigenvalue weighted by Gasteiger charge is 2.17. The summed E-state index contributed by atoms with van der Waals surface area (Å²) in [6.45, 7) is 3.79. The standard InChI is InChI=1S/C21H21N3O3S/c1-14-3-10-18(11-4-14)28(25,26)24-19-12-5-15(2)13-20(19)27-17-8-6-16(7-9-17)21(22)23/h3-13,24H,1-2H3,(H3,22,23). The summed E-state index contributed by atoms with van der Waals surface area (Å²) in [5, 5.41) is 7.44. The second-order valence-electron chi connectivity index (χ2n) is 6.46. The maximum atomic E-state index is 12.7. The molecule has 0 atom stereocenters. The molecule has 7 heteroatoms. The summed E-state index contributed by atoms with van der Waals surface area (Å²) in [6, 6.07) is 18.5. The largest absolute Gasteiger partial charge is 0.455 e. The van der Waals surface area contributed by atoms with Crippen LogP contribution in [-0.2, 0) is 10.0 Å². The molecule has 0 heterocycles. The molecule has 0 saturated carbocycles. The van der Waals surface area contributed by atoms with Gasteiger partial charge in [-0.15, -0.1) is 0 Å². The number of anilines is 1. The predicted octanol–water partition coefficient (Wildman–Crippen LogP) is 4.18. The van der Waals surface area contributed by atoms with Crippen LogP contribution in [0, 0.1) is 19.3 Å². The second kappa shape index (κ2) is 7.74. The zero-order valence-corrected chi connectivity index (χ0v) is 16.4. The lowest BCUT2D eigenvalue weighted by atomic mass is 10.2. The fraction of sp³-hybridized carbons (Fsp3) is 0.0952. The van der Waals surface area contributed by atoms with Gasteiger partial charge in [-0.05, 0) is 67.9 Å². The van der Waals surface area contributed by atoms with Crippen molar-refractivity contribution in [3.05, 3.63) is 83.4 Å². The van der Waals surface area contributed by atoms with E-state index in [4.69, 9.17) is 15.9 Å². The van der Waals surface area contributed by atoms with E-state index in [1.807, 2.05) is 13.8 Å². The highest BCUT2D eigenvalue weighted by Crippen LogP contribution is 2.32. The molecule has 6 nitrogen and oxygen atoms in total. The number of nitrogens with two attached hydrogens (primary N) is 1. The smallest absolute Gasteiger partial charge is 0.262 e. The Morgan fingerprint density at radius 3 is 2.14 bits per heavy atom. The van der Waals surface area contributed by atoms with E-state index in [9.17, 15) is 8.42 Å². The first-order valence-corrected chi connectivity index (χ1v) is 10.1. The van der Waals surface area contributed by atoms with Crippen molar-refractivity contribution in [1.82, 2.24) is 0 Å². The van der Waals surface area contributed by atoms with Crippen molar-refractivity contribution < 1.29 is 13.2 Å². The van der Waals surface area contributed by atoms with Crippen LogP contribution in [0.3, 0.4) is 0 Å². The van der Waals surface area contributed by atoms with Crippen molar-refractivity contribution in [2.24, 2.45) is 5.73 Å². The third-order valence-corrected chi connectivity index (χ3v) is 5.49. The van der Waals surface area contributed by atoms with Gasteiger partial charge in [-0.1, -0.05) is 23.8 Å². The fourth-order valence-electron chi connectivity index (χ4n) is 2.55. The Hall–Kier alpha value is -3.32. The van der Waals surface area contributed by atoms with Gasteiger partial charge in [-0.25, -0.2) is 8.42 Å². The van der Waals surface area contributed by atoms with Crippen molar-refractivity contribution in [1.29, 1.82) is 5.41 Å². The van der Waals surface area contributed by atoms with Crippen LogP contribution >= 0.6 is 0 Å². The summed E-state index contributed by atoms with van der Waals surface area (Å²) in [5.74, 6) is 0.853. The lowest BCUT2D eigenvalue weighted by molar-refractivity contribution is 0.484. The molecule has 4 N–H and O–H groups in total. The SMILES string of the molecule is Cc1ccc(S(=O)(=O)Nc2ccc(C)cc2Oc2ccc(C(=N)N)cc2)cc1. The number of nitrogens with one attached hydrogen (secondary N) is 2.